The molecule has 0 saturated carbocycles. The van der Waals surface area contributed by atoms with Crippen LogP contribution in [0.1, 0.15) is 63.8 Å². The van der Waals surface area contributed by atoms with Crippen molar-refractivity contribution < 1.29 is 13.7 Å². The second-order valence-electron chi connectivity index (χ2n) is 16.1. The standard InChI is InChI=1S/C48H48N2O3Si2/c1-47(2,3)54(43-19-9-7-10-20-43,45-23-15-13-17-39(45)33-37-25-29-41(30-26-37)49-35-51)53-55(48(4,5)6,44-21-11-8-12-22-44)46-24-16-14-18-40(46)34-38-27-31-42(32-28-38)50-36-52/h7-32H,33-34H2,1-6H3. The molecule has 5 nitrogen and oxygen atoms in total. The minimum Gasteiger partial charge on any atom is -0.441 e. The van der Waals surface area contributed by atoms with Gasteiger partial charge in [0, 0.05) is 0 Å². The molecule has 0 radical (unpaired) electrons. The summed E-state index contributed by atoms with van der Waals surface area (Å²) in [6.07, 6.45) is 4.69. The van der Waals surface area contributed by atoms with Crippen molar-refractivity contribution in [2.75, 3.05) is 0 Å². The van der Waals surface area contributed by atoms with E-state index in [9.17, 15) is 9.59 Å². The summed E-state index contributed by atoms with van der Waals surface area (Å²) in [4.78, 5) is 29.5. The topological polar surface area (TPSA) is 68.1 Å². The fourth-order valence-corrected chi connectivity index (χ4v) is 21.4. The SMILES string of the molecule is CC(C)(C)[Si](O[Si](c1ccccc1)(c1ccccc1Cc1ccc(N=C=O)cc1)C(C)(C)C)(c1ccccc1)c1ccccc1Cc1ccc(N=C=O)cc1. The molecule has 0 aliphatic carbocycles. The molecular weight excluding hydrogens is 709 g/mol. The lowest BCUT2D eigenvalue weighted by Gasteiger charge is -2.54. The summed E-state index contributed by atoms with van der Waals surface area (Å²) in [5.74, 6) is 0. The number of aliphatic imine (C=N–C) groups is 2. The van der Waals surface area contributed by atoms with Crippen LogP contribution >= 0.6 is 0 Å². The molecule has 0 bridgehead atoms. The summed E-state index contributed by atoms with van der Waals surface area (Å²) < 4.78 is 8.72. The van der Waals surface area contributed by atoms with E-state index in [1.807, 2.05) is 48.5 Å². The highest BCUT2D eigenvalue weighted by Gasteiger charge is 2.61. The number of hydrogen-bond donors (Lipinski definition) is 0. The fraction of sp³-hybridized carbons (Fsp3) is 0.208. The van der Waals surface area contributed by atoms with E-state index < -0.39 is 16.6 Å². The first-order chi connectivity index (χ1) is 26.4. The average molecular weight is 757 g/mol. The van der Waals surface area contributed by atoms with Gasteiger partial charge in [-0.05, 0) is 90.2 Å². The Bertz CT molecular complexity index is 2150. The first-order valence-corrected chi connectivity index (χ1v) is 22.6. The van der Waals surface area contributed by atoms with E-state index in [-0.39, 0.29) is 10.1 Å². The predicted molar refractivity (Wildman–Crippen MR) is 230 cm³/mol. The van der Waals surface area contributed by atoms with Crippen LogP contribution < -0.4 is 20.7 Å². The predicted octanol–water partition coefficient (Wildman–Crippen LogP) is 9.24. The van der Waals surface area contributed by atoms with Crippen molar-refractivity contribution in [2.24, 2.45) is 9.98 Å². The van der Waals surface area contributed by atoms with Gasteiger partial charge in [-0.2, -0.15) is 9.98 Å². The van der Waals surface area contributed by atoms with E-state index >= 15 is 0 Å². The molecule has 0 aliphatic heterocycles. The molecule has 0 fully saturated rings. The van der Waals surface area contributed by atoms with Crippen LogP contribution in [-0.4, -0.2) is 28.8 Å². The summed E-state index contributed by atoms with van der Waals surface area (Å²) in [5, 5.41) is 4.34. The molecule has 2 atom stereocenters. The van der Waals surface area contributed by atoms with Crippen LogP contribution in [-0.2, 0) is 26.5 Å². The molecule has 0 N–H and O–H groups in total. The van der Waals surface area contributed by atoms with Crippen LogP contribution in [0.2, 0.25) is 10.1 Å². The van der Waals surface area contributed by atoms with Crippen molar-refractivity contribution in [1.29, 1.82) is 0 Å². The van der Waals surface area contributed by atoms with Crippen molar-refractivity contribution in [3.05, 3.63) is 180 Å². The maximum absolute atomic E-state index is 11.0. The Morgan fingerprint density at radius 1 is 0.455 bits per heavy atom. The molecule has 6 aromatic rings. The largest absolute Gasteiger partial charge is 0.441 e. The number of carbonyl (C=O) groups excluding carboxylic acids is 2. The zero-order chi connectivity index (χ0) is 39.1. The van der Waals surface area contributed by atoms with Crippen LogP contribution in [0, 0.1) is 0 Å². The summed E-state index contributed by atoms with van der Waals surface area (Å²) in [6, 6.07) is 55.3. The highest BCUT2D eigenvalue weighted by atomic mass is 28.4. The summed E-state index contributed by atoms with van der Waals surface area (Å²) >= 11 is 0. The smallest absolute Gasteiger partial charge is 0.251 e. The summed E-state index contributed by atoms with van der Waals surface area (Å²) in [7, 11) is -6.54. The highest BCUT2D eigenvalue weighted by Crippen LogP contribution is 2.45. The molecule has 6 aromatic carbocycles. The minimum atomic E-state index is -3.27. The number of hydrogen-bond acceptors (Lipinski definition) is 5. The molecule has 276 valence electrons. The maximum atomic E-state index is 11.0. The molecule has 0 heterocycles. The van der Waals surface area contributed by atoms with Crippen LogP contribution in [0.5, 0.6) is 0 Å². The summed E-state index contributed by atoms with van der Waals surface area (Å²) in [5.41, 5.74) is 5.86. The molecule has 0 spiro atoms. The van der Waals surface area contributed by atoms with Crippen molar-refractivity contribution in [2.45, 2.75) is 64.5 Å². The zero-order valence-electron chi connectivity index (χ0n) is 32.5. The fourth-order valence-electron chi connectivity index (χ4n) is 8.05. The number of isocyanates is 2. The molecule has 6 rings (SSSR count). The van der Waals surface area contributed by atoms with Crippen molar-refractivity contribution in [1.82, 2.24) is 0 Å². The van der Waals surface area contributed by atoms with Gasteiger partial charge in [0.15, 0.2) is 0 Å². The van der Waals surface area contributed by atoms with E-state index in [2.05, 4.69) is 161 Å². The highest BCUT2D eigenvalue weighted by molar-refractivity contribution is 7.11. The van der Waals surface area contributed by atoms with E-state index in [0.29, 0.717) is 24.2 Å². The molecule has 2 unspecified atom stereocenters. The van der Waals surface area contributed by atoms with E-state index in [1.165, 1.54) is 31.9 Å². The second kappa shape index (κ2) is 16.5. The van der Waals surface area contributed by atoms with Crippen LogP contribution in [0.25, 0.3) is 0 Å². The third-order valence-corrected chi connectivity index (χ3v) is 22.0. The normalized spacial score (nSPS) is 13.8. The van der Waals surface area contributed by atoms with Crippen LogP contribution in [0.4, 0.5) is 11.4 Å². The van der Waals surface area contributed by atoms with Gasteiger partial charge in [0.1, 0.15) is 0 Å². The molecule has 0 aliphatic rings. The van der Waals surface area contributed by atoms with E-state index in [0.717, 1.165) is 11.1 Å². The van der Waals surface area contributed by atoms with Gasteiger partial charge in [-0.15, -0.1) is 0 Å². The number of rotatable bonds is 12. The van der Waals surface area contributed by atoms with Crippen molar-refractivity contribution >= 4 is 60.9 Å². The van der Waals surface area contributed by atoms with Gasteiger partial charge in [-0.25, -0.2) is 9.59 Å². The van der Waals surface area contributed by atoms with Gasteiger partial charge in [0.2, 0.25) is 12.2 Å². The second-order valence-corrected chi connectivity index (χ2v) is 24.9. The minimum absolute atomic E-state index is 0.310. The van der Waals surface area contributed by atoms with Crippen molar-refractivity contribution in [3.63, 3.8) is 0 Å². The lowest BCUT2D eigenvalue weighted by atomic mass is 10.0. The van der Waals surface area contributed by atoms with E-state index in [1.54, 1.807) is 12.2 Å². The van der Waals surface area contributed by atoms with Gasteiger partial charge in [-0.1, -0.05) is 175 Å². The molecule has 55 heavy (non-hydrogen) atoms. The first kappa shape index (κ1) is 39.2. The van der Waals surface area contributed by atoms with E-state index in [4.69, 9.17) is 4.12 Å². The molecular formula is C48H48N2O3Si2. The molecule has 0 aromatic heterocycles. The van der Waals surface area contributed by atoms with Gasteiger partial charge in [0.25, 0.3) is 16.6 Å². The van der Waals surface area contributed by atoms with Gasteiger partial charge < -0.3 is 4.12 Å². The Labute approximate surface area is 327 Å². The Morgan fingerprint density at radius 3 is 1.11 bits per heavy atom. The monoisotopic (exact) mass is 756 g/mol. The lowest BCUT2D eigenvalue weighted by molar-refractivity contribution is 0.474. The average Bonchev–Trinajstić information content (AvgIpc) is 3.18. The molecule has 7 heteroatoms. The number of nitrogens with zero attached hydrogens (tertiary/aromatic N) is 2. The Kier molecular flexibility index (Phi) is 11.7. The molecule has 0 saturated heterocycles. The van der Waals surface area contributed by atoms with Crippen LogP contribution in [0.15, 0.2) is 168 Å². The number of benzene rings is 6. The maximum Gasteiger partial charge on any atom is 0.251 e. The lowest BCUT2D eigenvalue weighted by Crippen LogP contribution is -2.78. The van der Waals surface area contributed by atoms with Gasteiger partial charge in [0.05, 0.1) is 11.4 Å². The van der Waals surface area contributed by atoms with Crippen LogP contribution in [0.3, 0.4) is 0 Å². The first-order valence-electron chi connectivity index (χ1n) is 18.7. The Hall–Kier alpha value is -5.53. The quantitative estimate of drug-likeness (QED) is 0.0711. The molecule has 0 amide bonds. The summed E-state index contributed by atoms with van der Waals surface area (Å²) in [6.45, 7) is 14.2. The third kappa shape index (κ3) is 7.99. The third-order valence-electron chi connectivity index (χ3n) is 10.6. The Morgan fingerprint density at radius 2 is 0.782 bits per heavy atom. The Balaban J connectivity index is 1.66. The van der Waals surface area contributed by atoms with Crippen molar-refractivity contribution in [3.8, 4) is 0 Å². The zero-order valence-corrected chi connectivity index (χ0v) is 34.5. The van der Waals surface area contributed by atoms with Gasteiger partial charge >= 0.3 is 0 Å². The van der Waals surface area contributed by atoms with Gasteiger partial charge in [-0.3, -0.25) is 0 Å².